The van der Waals surface area contributed by atoms with Crippen LogP contribution in [-0.4, -0.2) is 48.5 Å². The zero-order chi connectivity index (χ0) is 15.8. The predicted molar refractivity (Wildman–Crippen MR) is 90.1 cm³/mol. The summed E-state index contributed by atoms with van der Waals surface area (Å²) in [5.74, 6) is 0.696. The number of likely N-dealkylation sites (tertiary alicyclic amines) is 1. The summed E-state index contributed by atoms with van der Waals surface area (Å²) in [6.45, 7) is 6.18. The summed E-state index contributed by atoms with van der Waals surface area (Å²) in [7, 11) is 2.17. The molecule has 1 aliphatic rings. The second kappa shape index (κ2) is 8.54. The van der Waals surface area contributed by atoms with Crippen molar-refractivity contribution in [1.82, 2.24) is 15.2 Å². The zero-order valence-electron chi connectivity index (χ0n) is 13.3. The monoisotopic (exact) mass is 302 g/mol. The van der Waals surface area contributed by atoms with Gasteiger partial charge in [-0.3, -0.25) is 4.79 Å². The molecule has 1 aromatic rings. The van der Waals surface area contributed by atoms with Crippen molar-refractivity contribution in [3.63, 3.8) is 0 Å². The van der Waals surface area contributed by atoms with Gasteiger partial charge >= 0.3 is 0 Å². The standard InChI is InChI=1S/C17H26N4O/c1-3-10-18-16-8-7-14(13-20-16)17(22)19-11-9-15-6-4-5-12-21(15)2/h3,7-8,13,15H,1,4-6,9-12H2,2H3,(H,18,20)(H,19,22)/t15-/m1/s1. The number of anilines is 1. The topological polar surface area (TPSA) is 57.3 Å². The van der Waals surface area contributed by atoms with E-state index in [2.05, 4.69) is 34.1 Å². The van der Waals surface area contributed by atoms with Gasteiger partial charge in [-0.2, -0.15) is 0 Å². The van der Waals surface area contributed by atoms with Crippen LogP contribution in [0.2, 0.25) is 0 Å². The molecule has 5 heteroatoms. The van der Waals surface area contributed by atoms with Crippen molar-refractivity contribution < 1.29 is 4.79 Å². The predicted octanol–water partition coefficient (Wildman–Crippen LogP) is 2.28. The van der Waals surface area contributed by atoms with Gasteiger partial charge in [0.05, 0.1) is 5.56 Å². The lowest BCUT2D eigenvalue weighted by molar-refractivity contribution is 0.0945. The molecule has 1 aromatic heterocycles. The van der Waals surface area contributed by atoms with Gasteiger partial charge < -0.3 is 15.5 Å². The fourth-order valence-corrected chi connectivity index (χ4v) is 2.77. The van der Waals surface area contributed by atoms with Crippen molar-refractivity contribution in [3.05, 3.63) is 36.5 Å². The summed E-state index contributed by atoms with van der Waals surface area (Å²) in [6, 6.07) is 4.20. The number of carbonyl (C=O) groups is 1. The number of rotatable bonds is 7. The Balaban J connectivity index is 1.75. The maximum atomic E-state index is 12.1. The van der Waals surface area contributed by atoms with Gasteiger partial charge in [0.15, 0.2) is 0 Å². The van der Waals surface area contributed by atoms with Crippen LogP contribution in [0, 0.1) is 0 Å². The molecule has 0 radical (unpaired) electrons. The normalized spacial score (nSPS) is 18.7. The van der Waals surface area contributed by atoms with Crippen molar-refractivity contribution in [2.24, 2.45) is 0 Å². The summed E-state index contributed by atoms with van der Waals surface area (Å²) >= 11 is 0. The van der Waals surface area contributed by atoms with E-state index in [9.17, 15) is 4.79 Å². The Morgan fingerprint density at radius 3 is 3.05 bits per heavy atom. The first kappa shape index (κ1) is 16.5. The van der Waals surface area contributed by atoms with Crippen molar-refractivity contribution in [2.45, 2.75) is 31.7 Å². The number of pyridine rings is 1. The van der Waals surface area contributed by atoms with Gasteiger partial charge in [-0.1, -0.05) is 12.5 Å². The number of carbonyl (C=O) groups excluding carboxylic acids is 1. The minimum absolute atomic E-state index is 0.0544. The molecule has 1 amide bonds. The van der Waals surface area contributed by atoms with Crippen LogP contribution in [0.25, 0.3) is 0 Å². The van der Waals surface area contributed by atoms with Crippen LogP contribution in [-0.2, 0) is 0 Å². The van der Waals surface area contributed by atoms with Crippen LogP contribution < -0.4 is 10.6 Å². The molecule has 1 fully saturated rings. The van der Waals surface area contributed by atoms with E-state index in [1.807, 2.05) is 6.07 Å². The average Bonchev–Trinajstić information content (AvgIpc) is 2.55. The first-order valence-electron chi connectivity index (χ1n) is 8.00. The van der Waals surface area contributed by atoms with Crippen LogP contribution in [0.15, 0.2) is 31.0 Å². The van der Waals surface area contributed by atoms with Crippen molar-refractivity contribution in [2.75, 3.05) is 32.0 Å². The molecule has 2 rings (SSSR count). The molecule has 1 aliphatic heterocycles. The summed E-state index contributed by atoms with van der Waals surface area (Å²) in [5.41, 5.74) is 0.598. The number of hydrogen-bond donors (Lipinski definition) is 2. The van der Waals surface area contributed by atoms with Crippen LogP contribution >= 0.6 is 0 Å². The minimum Gasteiger partial charge on any atom is -0.367 e. The van der Waals surface area contributed by atoms with E-state index >= 15 is 0 Å². The Hall–Kier alpha value is -1.88. The van der Waals surface area contributed by atoms with Gasteiger partial charge in [-0.25, -0.2) is 4.98 Å². The van der Waals surface area contributed by atoms with Crippen LogP contribution in [0.1, 0.15) is 36.0 Å². The highest BCUT2D eigenvalue weighted by Crippen LogP contribution is 2.17. The largest absolute Gasteiger partial charge is 0.367 e. The maximum Gasteiger partial charge on any atom is 0.252 e. The van der Waals surface area contributed by atoms with E-state index in [0.717, 1.165) is 12.2 Å². The number of hydrogen-bond acceptors (Lipinski definition) is 4. The lowest BCUT2D eigenvalue weighted by Gasteiger charge is -2.32. The Labute approximate surface area is 132 Å². The number of amides is 1. The highest BCUT2D eigenvalue weighted by Gasteiger charge is 2.18. The third kappa shape index (κ3) is 4.84. The third-order valence-corrected chi connectivity index (χ3v) is 4.14. The van der Waals surface area contributed by atoms with E-state index < -0.39 is 0 Å². The second-order valence-corrected chi connectivity index (χ2v) is 5.78. The second-order valence-electron chi connectivity index (χ2n) is 5.78. The molecule has 22 heavy (non-hydrogen) atoms. The summed E-state index contributed by atoms with van der Waals surface area (Å²) < 4.78 is 0. The van der Waals surface area contributed by atoms with Crippen molar-refractivity contribution in [1.29, 1.82) is 0 Å². The summed E-state index contributed by atoms with van der Waals surface area (Å²) in [4.78, 5) is 18.7. The Morgan fingerprint density at radius 1 is 1.50 bits per heavy atom. The molecule has 120 valence electrons. The molecule has 0 unspecified atom stereocenters. The van der Waals surface area contributed by atoms with E-state index in [-0.39, 0.29) is 5.91 Å². The van der Waals surface area contributed by atoms with Crippen LogP contribution in [0.4, 0.5) is 5.82 Å². The van der Waals surface area contributed by atoms with Gasteiger partial charge in [-0.05, 0) is 45.0 Å². The highest BCUT2D eigenvalue weighted by atomic mass is 16.1. The average molecular weight is 302 g/mol. The van der Waals surface area contributed by atoms with Gasteiger partial charge in [0.1, 0.15) is 5.82 Å². The smallest absolute Gasteiger partial charge is 0.252 e. The SMILES string of the molecule is C=CCNc1ccc(C(=O)NCC[C@H]2CCCCN2C)cn1. The Morgan fingerprint density at radius 2 is 2.36 bits per heavy atom. The van der Waals surface area contributed by atoms with Crippen molar-refractivity contribution in [3.8, 4) is 0 Å². The quantitative estimate of drug-likeness (QED) is 0.759. The van der Waals surface area contributed by atoms with Crippen molar-refractivity contribution >= 4 is 11.7 Å². The Kier molecular flexibility index (Phi) is 6.40. The third-order valence-electron chi connectivity index (χ3n) is 4.14. The zero-order valence-corrected chi connectivity index (χ0v) is 13.3. The lowest BCUT2D eigenvalue weighted by atomic mass is 10.0. The van der Waals surface area contributed by atoms with E-state index in [1.165, 1.54) is 25.8 Å². The first-order chi connectivity index (χ1) is 10.7. The highest BCUT2D eigenvalue weighted by molar-refractivity contribution is 5.94. The fourth-order valence-electron chi connectivity index (χ4n) is 2.77. The summed E-state index contributed by atoms with van der Waals surface area (Å²) in [6.07, 6.45) is 8.20. The summed E-state index contributed by atoms with van der Waals surface area (Å²) in [5, 5.41) is 6.07. The molecular formula is C17H26N4O. The number of nitrogens with one attached hydrogen (secondary N) is 2. The van der Waals surface area contributed by atoms with Crippen LogP contribution in [0.3, 0.4) is 0 Å². The molecule has 0 saturated carbocycles. The fraction of sp³-hybridized carbons (Fsp3) is 0.529. The van der Waals surface area contributed by atoms with Gasteiger partial charge in [0, 0.05) is 25.3 Å². The van der Waals surface area contributed by atoms with E-state index in [4.69, 9.17) is 0 Å². The van der Waals surface area contributed by atoms with Crippen LogP contribution in [0.5, 0.6) is 0 Å². The molecule has 0 bridgehead atoms. The molecule has 2 N–H and O–H groups in total. The molecule has 0 spiro atoms. The molecule has 1 atom stereocenters. The molecule has 0 aliphatic carbocycles. The van der Waals surface area contributed by atoms with E-state index in [0.29, 0.717) is 24.7 Å². The molecule has 5 nitrogen and oxygen atoms in total. The lowest BCUT2D eigenvalue weighted by Crippen LogP contribution is -2.39. The maximum absolute atomic E-state index is 12.1. The number of piperidine rings is 1. The molecule has 2 heterocycles. The number of aromatic nitrogens is 1. The Bertz CT molecular complexity index is 486. The molecule has 0 aromatic carbocycles. The van der Waals surface area contributed by atoms with E-state index in [1.54, 1.807) is 18.3 Å². The molecule has 1 saturated heterocycles. The van der Waals surface area contributed by atoms with Gasteiger partial charge in [0.25, 0.3) is 5.91 Å². The first-order valence-corrected chi connectivity index (χ1v) is 8.00. The van der Waals surface area contributed by atoms with Gasteiger partial charge in [0.2, 0.25) is 0 Å². The minimum atomic E-state index is -0.0544. The van der Waals surface area contributed by atoms with Gasteiger partial charge in [-0.15, -0.1) is 6.58 Å². The molecular weight excluding hydrogens is 276 g/mol. The number of nitrogens with zero attached hydrogens (tertiary/aromatic N) is 2.